The maximum absolute atomic E-state index is 11.2. The van der Waals surface area contributed by atoms with Crippen LogP contribution in [0.25, 0.3) is 10.8 Å². The molecule has 0 radical (unpaired) electrons. The van der Waals surface area contributed by atoms with E-state index in [1.807, 2.05) is 12.1 Å². The molecule has 3 nitrogen and oxygen atoms in total. The number of hydrogen-bond donors (Lipinski definition) is 1. The molecular formula is C15H17NO2S. The lowest BCUT2D eigenvalue weighted by Crippen LogP contribution is -2.31. The van der Waals surface area contributed by atoms with Gasteiger partial charge in [0.15, 0.2) is 0 Å². The molecular weight excluding hydrogens is 258 g/mol. The molecule has 0 aromatic heterocycles. The number of rotatable bonds is 5. The number of nitrogens with two attached hydrogens (primary N) is 1. The van der Waals surface area contributed by atoms with Gasteiger partial charge in [0.25, 0.3) is 0 Å². The summed E-state index contributed by atoms with van der Waals surface area (Å²) in [6, 6.07) is 14.1. The number of methoxy groups -OCH3 is 1. The molecule has 0 aliphatic heterocycles. The van der Waals surface area contributed by atoms with Gasteiger partial charge >= 0.3 is 5.97 Å². The average molecular weight is 275 g/mol. The van der Waals surface area contributed by atoms with Crippen LogP contribution in [0, 0.1) is 0 Å². The zero-order chi connectivity index (χ0) is 13.7. The third-order valence-electron chi connectivity index (χ3n) is 2.92. The number of ether oxygens (including phenoxy) is 1. The minimum absolute atomic E-state index is 0.348. The third-order valence-corrected chi connectivity index (χ3v) is 3.95. The van der Waals surface area contributed by atoms with Gasteiger partial charge in [0.05, 0.1) is 7.11 Å². The largest absolute Gasteiger partial charge is 0.468 e. The van der Waals surface area contributed by atoms with Crippen LogP contribution in [0.15, 0.2) is 47.4 Å². The van der Waals surface area contributed by atoms with Crippen molar-refractivity contribution in [1.29, 1.82) is 0 Å². The highest BCUT2D eigenvalue weighted by Gasteiger charge is 2.12. The molecule has 2 aromatic rings. The van der Waals surface area contributed by atoms with E-state index in [0.717, 1.165) is 5.75 Å². The molecule has 2 N–H and O–H groups in total. The first-order chi connectivity index (χ1) is 9.20. The van der Waals surface area contributed by atoms with Gasteiger partial charge in [-0.15, -0.1) is 11.8 Å². The quantitative estimate of drug-likeness (QED) is 0.673. The Balaban J connectivity index is 1.93. The van der Waals surface area contributed by atoms with Crippen molar-refractivity contribution in [2.45, 2.75) is 17.4 Å². The van der Waals surface area contributed by atoms with E-state index in [1.165, 1.54) is 22.8 Å². The Kier molecular flexibility index (Phi) is 4.82. The highest BCUT2D eigenvalue weighted by atomic mass is 32.2. The van der Waals surface area contributed by atoms with Crippen molar-refractivity contribution in [2.24, 2.45) is 5.73 Å². The highest BCUT2D eigenvalue weighted by Crippen LogP contribution is 2.24. The van der Waals surface area contributed by atoms with Gasteiger partial charge in [-0.25, -0.2) is 0 Å². The van der Waals surface area contributed by atoms with Crippen molar-refractivity contribution in [2.75, 3.05) is 12.9 Å². The summed E-state index contributed by atoms with van der Waals surface area (Å²) in [5.74, 6) is 0.452. The van der Waals surface area contributed by atoms with Crippen LogP contribution < -0.4 is 5.73 Å². The van der Waals surface area contributed by atoms with Crippen LogP contribution >= 0.6 is 11.8 Å². The van der Waals surface area contributed by atoms with Crippen molar-refractivity contribution in [3.05, 3.63) is 42.5 Å². The fraction of sp³-hybridized carbons (Fsp3) is 0.267. The van der Waals surface area contributed by atoms with Gasteiger partial charge in [-0.3, -0.25) is 4.79 Å². The van der Waals surface area contributed by atoms with Crippen LogP contribution in [0.3, 0.4) is 0 Å². The van der Waals surface area contributed by atoms with Crippen molar-refractivity contribution >= 4 is 28.5 Å². The van der Waals surface area contributed by atoms with Crippen LogP contribution in [-0.2, 0) is 9.53 Å². The Morgan fingerprint density at radius 2 is 2.00 bits per heavy atom. The summed E-state index contributed by atoms with van der Waals surface area (Å²) in [6.45, 7) is 0. The van der Waals surface area contributed by atoms with Crippen LogP contribution in [-0.4, -0.2) is 24.9 Å². The summed E-state index contributed by atoms with van der Waals surface area (Å²) < 4.78 is 4.60. The number of esters is 1. The second-order valence-electron chi connectivity index (χ2n) is 4.28. The lowest BCUT2D eigenvalue weighted by Gasteiger charge is -2.08. The van der Waals surface area contributed by atoms with Gasteiger partial charge in [0, 0.05) is 10.6 Å². The molecule has 0 amide bonds. The number of benzene rings is 2. The monoisotopic (exact) mass is 275 g/mol. The number of fused-ring (bicyclic) bond motifs is 1. The molecule has 2 aromatic carbocycles. The van der Waals surface area contributed by atoms with E-state index in [-0.39, 0.29) is 5.97 Å². The SMILES string of the molecule is COC(=O)C(N)CCSc1ccc2ccccc2c1. The summed E-state index contributed by atoms with van der Waals surface area (Å²) in [4.78, 5) is 12.4. The van der Waals surface area contributed by atoms with E-state index in [2.05, 4.69) is 35.1 Å². The van der Waals surface area contributed by atoms with Crippen LogP contribution in [0.5, 0.6) is 0 Å². The lowest BCUT2D eigenvalue weighted by molar-refractivity contribution is -0.142. The second-order valence-corrected chi connectivity index (χ2v) is 5.44. The maximum atomic E-state index is 11.2. The van der Waals surface area contributed by atoms with E-state index >= 15 is 0 Å². The van der Waals surface area contributed by atoms with E-state index in [4.69, 9.17) is 5.73 Å². The first-order valence-corrected chi connectivity index (χ1v) is 7.14. The van der Waals surface area contributed by atoms with Gasteiger partial charge in [-0.1, -0.05) is 30.3 Å². The predicted molar refractivity (Wildman–Crippen MR) is 79.3 cm³/mol. The standard InChI is InChI=1S/C15H17NO2S/c1-18-15(17)14(16)8-9-19-13-7-6-11-4-2-3-5-12(11)10-13/h2-7,10,14H,8-9,16H2,1H3. The molecule has 1 atom stereocenters. The van der Waals surface area contributed by atoms with Crippen molar-refractivity contribution in [3.63, 3.8) is 0 Å². The minimum atomic E-state index is -0.530. The number of carbonyl (C=O) groups is 1. The molecule has 4 heteroatoms. The molecule has 100 valence electrons. The molecule has 0 fully saturated rings. The van der Waals surface area contributed by atoms with Gasteiger partial charge < -0.3 is 10.5 Å². The molecule has 0 bridgehead atoms. The normalized spacial score (nSPS) is 12.3. The molecule has 0 aliphatic carbocycles. The zero-order valence-corrected chi connectivity index (χ0v) is 11.7. The molecule has 0 saturated carbocycles. The van der Waals surface area contributed by atoms with Gasteiger partial charge in [0.2, 0.25) is 0 Å². The van der Waals surface area contributed by atoms with Crippen molar-refractivity contribution in [3.8, 4) is 0 Å². The van der Waals surface area contributed by atoms with Crippen LogP contribution in [0.4, 0.5) is 0 Å². The fourth-order valence-corrected chi connectivity index (χ4v) is 2.81. The Morgan fingerprint density at radius 3 is 2.74 bits per heavy atom. The molecule has 2 rings (SSSR count). The summed E-state index contributed by atoms with van der Waals surface area (Å²) >= 11 is 1.70. The van der Waals surface area contributed by atoms with Crippen molar-refractivity contribution in [1.82, 2.24) is 0 Å². The van der Waals surface area contributed by atoms with Gasteiger partial charge in [-0.05, 0) is 29.3 Å². The Bertz CT molecular complexity index is 571. The highest BCUT2D eigenvalue weighted by molar-refractivity contribution is 7.99. The molecule has 0 heterocycles. The van der Waals surface area contributed by atoms with E-state index < -0.39 is 6.04 Å². The second kappa shape index (κ2) is 6.59. The summed E-state index contributed by atoms with van der Waals surface area (Å²) in [5, 5.41) is 2.46. The summed E-state index contributed by atoms with van der Waals surface area (Å²) in [5.41, 5.74) is 5.69. The summed E-state index contributed by atoms with van der Waals surface area (Å²) in [6.07, 6.45) is 0.615. The molecule has 19 heavy (non-hydrogen) atoms. The summed E-state index contributed by atoms with van der Waals surface area (Å²) in [7, 11) is 1.36. The van der Waals surface area contributed by atoms with Gasteiger partial charge in [0.1, 0.15) is 6.04 Å². The van der Waals surface area contributed by atoms with E-state index in [1.54, 1.807) is 11.8 Å². The van der Waals surface area contributed by atoms with Crippen LogP contribution in [0.1, 0.15) is 6.42 Å². The van der Waals surface area contributed by atoms with E-state index in [0.29, 0.717) is 6.42 Å². The average Bonchev–Trinajstić information content (AvgIpc) is 2.46. The zero-order valence-electron chi connectivity index (χ0n) is 10.8. The third kappa shape index (κ3) is 3.72. The molecule has 0 saturated heterocycles. The fourth-order valence-electron chi connectivity index (χ4n) is 1.83. The Morgan fingerprint density at radius 1 is 1.26 bits per heavy atom. The molecule has 0 spiro atoms. The molecule has 1 unspecified atom stereocenters. The first-order valence-electron chi connectivity index (χ1n) is 6.15. The number of carbonyl (C=O) groups excluding carboxylic acids is 1. The van der Waals surface area contributed by atoms with Gasteiger partial charge in [-0.2, -0.15) is 0 Å². The predicted octanol–water partition coefficient (Wildman–Crippen LogP) is 2.82. The Hall–Kier alpha value is -1.52. The number of thioether (sulfide) groups is 1. The first kappa shape index (κ1) is 13.9. The topological polar surface area (TPSA) is 52.3 Å². The van der Waals surface area contributed by atoms with Crippen LogP contribution in [0.2, 0.25) is 0 Å². The maximum Gasteiger partial charge on any atom is 0.322 e. The Labute approximate surface area is 117 Å². The van der Waals surface area contributed by atoms with Crippen molar-refractivity contribution < 1.29 is 9.53 Å². The van der Waals surface area contributed by atoms with E-state index in [9.17, 15) is 4.79 Å². The smallest absolute Gasteiger partial charge is 0.322 e. The molecule has 0 aliphatic rings. The number of hydrogen-bond acceptors (Lipinski definition) is 4. The lowest BCUT2D eigenvalue weighted by atomic mass is 10.1. The minimum Gasteiger partial charge on any atom is -0.468 e.